The Hall–Kier alpha value is -1.26. The fraction of sp³-hybridized carbons (Fsp3) is 0.462. The molecule has 1 aromatic carbocycles. The van der Waals surface area contributed by atoms with E-state index in [-0.39, 0.29) is 24.6 Å². The molecule has 0 saturated carbocycles. The molecule has 0 radical (unpaired) electrons. The van der Waals surface area contributed by atoms with Crippen molar-refractivity contribution in [3.8, 4) is 5.75 Å². The molecule has 0 N–H and O–H groups in total. The van der Waals surface area contributed by atoms with E-state index in [2.05, 4.69) is 0 Å². The first-order valence-corrected chi connectivity index (χ1v) is 6.21. The van der Waals surface area contributed by atoms with Crippen LogP contribution in [0.15, 0.2) is 12.1 Å². The van der Waals surface area contributed by atoms with Gasteiger partial charge in [0.2, 0.25) is 0 Å². The minimum atomic E-state index is -0.411. The van der Waals surface area contributed by atoms with Crippen molar-refractivity contribution in [1.29, 1.82) is 0 Å². The Labute approximate surface area is 110 Å². The molecule has 0 aliphatic carbocycles. The molecule has 3 atom stereocenters. The van der Waals surface area contributed by atoms with Crippen molar-refractivity contribution < 1.29 is 19.0 Å². The van der Waals surface area contributed by atoms with Crippen LogP contribution in [0.3, 0.4) is 0 Å². The van der Waals surface area contributed by atoms with Gasteiger partial charge in [-0.25, -0.2) is 0 Å². The second kappa shape index (κ2) is 4.14. The third-order valence-corrected chi connectivity index (χ3v) is 3.78. The summed E-state index contributed by atoms with van der Waals surface area (Å²) in [5.74, 6) is 0.465. The van der Waals surface area contributed by atoms with Crippen molar-refractivity contribution in [3.05, 3.63) is 28.3 Å². The summed E-state index contributed by atoms with van der Waals surface area (Å²) in [6.07, 6.45) is -0.539. The van der Waals surface area contributed by atoms with Crippen molar-refractivity contribution in [2.45, 2.75) is 31.7 Å². The number of carbonyl (C=O) groups excluding carboxylic acids is 1. The summed E-state index contributed by atoms with van der Waals surface area (Å²) in [5.41, 5.74) is 1.70. The quantitative estimate of drug-likeness (QED) is 0.735. The SMILES string of the molecule is COc1ccc(Cl)c2c1[C@H](C)O[C@@H]1CC(=O)O[C@H]21. The second-order valence-corrected chi connectivity index (χ2v) is 4.92. The summed E-state index contributed by atoms with van der Waals surface area (Å²) >= 11 is 6.25. The van der Waals surface area contributed by atoms with Crippen LogP contribution < -0.4 is 4.74 Å². The molecule has 96 valence electrons. The summed E-state index contributed by atoms with van der Waals surface area (Å²) in [7, 11) is 1.60. The average Bonchev–Trinajstić information content (AvgIpc) is 2.69. The van der Waals surface area contributed by atoms with Crippen LogP contribution in [0.2, 0.25) is 5.02 Å². The normalized spacial score (nSPS) is 29.5. The lowest BCUT2D eigenvalue weighted by Gasteiger charge is -2.33. The van der Waals surface area contributed by atoms with Gasteiger partial charge in [-0.15, -0.1) is 0 Å². The maximum Gasteiger partial charge on any atom is 0.309 e. The molecule has 0 unspecified atom stereocenters. The van der Waals surface area contributed by atoms with Gasteiger partial charge in [0.1, 0.15) is 11.9 Å². The first kappa shape index (κ1) is 11.8. The van der Waals surface area contributed by atoms with E-state index in [0.29, 0.717) is 10.8 Å². The van der Waals surface area contributed by atoms with Gasteiger partial charge in [0.25, 0.3) is 0 Å². The molecular weight excluding hydrogens is 256 g/mol. The van der Waals surface area contributed by atoms with Gasteiger partial charge in [0, 0.05) is 16.1 Å². The minimum Gasteiger partial charge on any atom is -0.496 e. The van der Waals surface area contributed by atoms with Crippen molar-refractivity contribution in [3.63, 3.8) is 0 Å². The molecule has 2 heterocycles. The lowest BCUT2D eigenvalue weighted by molar-refractivity contribution is -0.143. The largest absolute Gasteiger partial charge is 0.496 e. The number of benzene rings is 1. The predicted octanol–water partition coefficient (Wildman–Crippen LogP) is 2.80. The van der Waals surface area contributed by atoms with Gasteiger partial charge in [-0.2, -0.15) is 0 Å². The van der Waals surface area contributed by atoms with Crippen molar-refractivity contribution in [2.24, 2.45) is 0 Å². The summed E-state index contributed by atoms with van der Waals surface area (Å²) in [6.45, 7) is 1.93. The van der Waals surface area contributed by atoms with Gasteiger partial charge in [-0.1, -0.05) is 11.6 Å². The highest BCUT2D eigenvalue weighted by molar-refractivity contribution is 6.31. The number of carbonyl (C=O) groups is 1. The van der Waals surface area contributed by atoms with Gasteiger partial charge in [0.15, 0.2) is 6.10 Å². The summed E-state index contributed by atoms with van der Waals surface area (Å²) < 4.78 is 16.5. The molecule has 0 aromatic heterocycles. The highest BCUT2D eigenvalue weighted by atomic mass is 35.5. The monoisotopic (exact) mass is 268 g/mol. The van der Waals surface area contributed by atoms with Crippen LogP contribution in [0.5, 0.6) is 5.75 Å². The molecular formula is C13H13ClO4. The smallest absolute Gasteiger partial charge is 0.309 e. The van der Waals surface area contributed by atoms with Crippen LogP contribution in [0, 0.1) is 0 Å². The maximum atomic E-state index is 11.4. The molecule has 2 aliphatic heterocycles. The first-order chi connectivity index (χ1) is 8.61. The summed E-state index contributed by atoms with van der Waals surface area (Å²) in [5, 5.41) is 0.589. The molecule has 5 heteroatoms. The van der Waals surface area contributed by atoms with Crippen LogP contribution in [0.1, 0.15) is 36.7 Å². The average molecular weight is 269 g/mol. The van der Waals surface area contributed by atoms with Crippen LogP contribution >= 0.6 is 11.6 Å². The number of esters is 1. The third kappa shape index (κ3) is 1.60. The lowest BCUT2D eigenvalue weighted by Crippen LogP contribution is -2.27. The fourth-order valence-electron chi connectivity index (χ4n) is 2.71. The molecule has 0 spiro atoms. The zero-order valence-corrected chi connectivity index (χ0v) is 10.9. The molecule has 3 rings (SSSR count). The zero-order valence-electron chi connectivity index (χ0n) is 10.1. The number of hydrogen-bond acceptors (Lipinski definition) is 4. The van der Waals surface area contributed by atoms with E-state index in [0.717, 1.165) is 11.1 Å². The highest BCUT2D eigenvalue weighted by Crippen LogP contribution is 2.49. The van der Waals surface area contributed by atoms with E-state index in [9.17, 15) is 4.79 Å². The Morgan fingerprint density at radius 1 is 1.39 bits per heavy atom. The second-order valence-electron chi connectivity index (χ2n) is 4.51. The Balaban J connectivity index is 2.18. The van der Waals surface area contributed by atoms with E-state index in [1.807, 2.05) is 6.92 Å². The number of fused-ring (bicyclic) bond motifs is 3. The van der Waals surface area contributed by atoms with E-state index in [4.69, 9.17) is 25.8 Å². The van der Waals surface area contributed by atoms with Gasteiger partial charge in [-0.3, -0.25) is 4.79 Å². The van der Waals surface area contributed by atoms with Crippen LogP contribution in [0.25, 0.3) is 0 Å². The van der Waals surface area contributed by atoms with E-state index in [1.54, 1.807) is 19.2 Å². The van der Waals surface area contributed by atoms with Gasteiger partial charge in [-0.05, 0) is 19.1 Å². The topological polar surface area (TPSA) is 44.8 Å². The lowest BCUT2D eigenvalue weighted by atomic mass is 9.91. The molecule has 1 saturated heterocycles. The van der Waals surface area contributed by atoms with Crippen LogP contribution in [-0.4, -0.2) is 19.2 Å². The highest BCUT2D eigenvalue weighted by Gasteiger charge is 2.45. The van der Waals surface area contributed by atoms with Gasteiger partial charge >= 0.3 is 5.97 Å². The minimum absolute atomic E-state index is 0.163. The number of halogens is 1. The zero-order chi connectivity index (χ0) is 12.9. The Kier molecular flexibility index (Phi) is 2.72. The van der Waals surface area contributed by atoms with Crippen molar-refractivity contribution in [2.75, 3.05) is 7.11 Å². The maximum absolute atomic E-state index is 11.4. The first-order valence-electron chi connectivity index (χ1n) is 5.83. The number of ether oxygens (including phenoxy) is 3. The van der Waals surface area contributed by atoms with E-state index < -0.39 is 6.10 Å². The van der Waals surface area contributed by atoms with Crippen LogP contribution in [-0.2, 0) is 14.3 Å². The molecule has 1 fully saturated rings. The van der Waals surface area contributed by atoms with Crippen LogP contribution in [0.4, 0.5) is 0 Å². The number of methoxy groups -OCH3 is 1. The van der Waals surface area contributed by atoms with E-state index in [1.165, 1.54) is 0 Å². The summed E-state index contributed by atoms with van der Waals surface area (Å²) in [6, 6.07) is 3.57. The van der Waals surface area contributed by atoms with E-state index >= 15 is 0 Å². The molecule has 4 nitrogen and oxygen atoms in total. The van der Waals surface area contributed by atoms with Crippen molar-refractivity contribution >= 4 is 17.6 Å². The third-order valence-electron chi connectivity index (χ3n) is 3.45. The molecule has 2 aliphatic rings. The number of hydrogen-bond donors (Lipinski definition) is 0. The molecule has 0 bridgehead atoms. The van der Waals surface area contributed by atoms with Gasteiger partial charge < -0.3 is 14.2 Å². The Bertz CT molecular complexity index is 514. The predicted molar refractivity (Wildman–Crippen MR) is 64.7 cm³/mol. The molecule has 1 aromatic rings. The molecule has 0 amide bonds. The van der Waals surface area contributed by atoms with Crippen molar-refractivity contribution in [1.82, 2.24) is 0 Å². The molecule has 18 heavy (non-hydrogen) atoms. The Morgan fingerprint density at radius 2 is 2.17 bits per heavy atom. The summed E-state index contributed by atoms with van der Waals surface area (Å²) in [4.78, 5) is 11.4. The standard InChI is InChI=1S/C13H13ClO4/c1-6-11-8(16-2)4-3-7(14)12(11)13-9(17-6)5-10(15)18-13/h3-4,6,9,13H,5H2,1-2H3/t6-,9+,13-/m0/s1. The van der Waals surface area contributed by atoms with Gasteiger partial charge in [0.05, 0.1) is 19.6 Å². The Morgan fingerprint density at radius 3 is 2.89 bits per heavy atom. The number of rotatable bonds is 1. The fourth-order valence-corrected chi connectivity index (χ4v) is 2.98.